The average molecular weight is 250 g/mol. The van der Waals surface area contributed by atoms with Crippen molar-refractivity contribution < 1.29 is 14.6 Å². The smallest absolute Gasteiger partial charge is 0.314 e. The van der Waals surface area contributed by atoms with Crippen LogP contribution in [0.1, 0.15) is 11.1 Å². The van der Waals surface area contributed by atoms with Crippen molar-refractivity contribution >= 4 is 6.03 Å². The van der Waals surface area contributed by atoms with E-state index in [1.807, 2.05) is 12.1 Å². The Labute approximate surface area is 106 Å². The fraction of sp³-hybridized carbons (Fsp3) is 0.462. The van der Waals surface area contributed by atoms with E-state index in [1.54, 1.807) is 0 Å². The van der Waals surface area contributed by atoms with E-state index in [0.717, 1.165) is 25.2 Å². The van der Waals surface area contributed by atoms with Crippen LogP contribution in [0.15, 0.2) is 18.2 Å². The summed E-state index contributed by atoms with van der Waals surface area (Å²) in [6, 6.07) is 5.91. The largest absolute Gasteiger partial charge is 0.493 e. The second-order valence-electron chi connectivity index (χ2n) is 4.20. The number of aliphatic hydroxyl groups excluding tert-OH is 1. The Morgan fingerprint density at radius 1 is 1.33 bits per heavy atom. The number of benzene rings is 1. The first kappa shape index (κ1) is 12.7. The van der Waals surface area contributed by atoms with Gasteiger partial charge in [0.15, 0.2) is 0 Å². The summed E-state index contributed by atoms with van der Waals surface area (Å²) in [7, 11) is 0. The van der Waals surface area contributed by atoms with Gasteiger partial charge in [-0.25, -0.2) is 4.79 Å². The molecule has 1 aliphatic rings. The van der Waals surface area contributed by atoms with E-state index in [0.29, 0.717) is 6.54 Å². The molecule has 0 saturated heterocycles. The first-order valence-electron chi connectivity index (χ1n) is 6.17. The minimum absolute atomic E-state index is 0.0434. The van der Waals surface area contributed by atoms with Crippen LogP contribution in [-0.2, 0) is 12.8 Å². The van der Waals surface area contributed by atoms with Crippen LogP contribution in [0.2, 0.25) is 0 Å². The highest BCUT2D eigenvalue weighted by Crippen LogP contribution is 2.25. The third-order valence-corrected chi connectivity index (χ3v) is 2.85. The van der Waals surface area contributed by atoms with Gasteiger partial charge in [0.25, 0.3) is 0 Å². The lowest BCUT2D eigenvalue weighted by Crippen LogP contribution is -2.37. The van der Waals surface area contributed by atoms with Crippen molar-refractivity contribution in [2.45, 2.75) is 12.8 Å². The highest BCUT2D eigenvalue weighted by molar-refractivity contribution is 5.73. The zero-order valence-corrected chi connectivity index (χ0v) is 10.2. The van der Waals surface area contributed by atoms with Gasteiger partial charge in [0.05, 0.1) is 13.2 Å². The molecule has 0 aromatic heterocycles. The highest BCUT2D eigenvalue weighted by atomic mass is 16.5. The van der Waals surface area contributed by atoms with Gasteiger partial charge < -0.3 is 20.5 Å². The summed E-state index contributed by atoms with van der Waals surface area (Å²) in [4.78, 5) is 11.2. The van der Waals surface area contributed by atoms with Crippen LogP contribution in [-0.4, -0.2) is 37.4 Å². The summed E-state index contributed by atoms with van der Waals surface area (Å²) < 4.78 is 5.44. The second-order valence-corrected chi connectivity index (χ2v) is 4.20. The molecule has 0 spiro atoms. The first-order chi connectivity index (χ1) is 8.79. The Morgan fingerprint density at radius 3 is 3.00 bits per heavy atom. The van der Waals surface area contributed by atoms with E-state index in [4.69, 9.17) is 9.84 Å². The highest BCUT2D eigenvalue weighted by Gasteiger charge is 2.11. The maximum absolute atomic E-state index is 11.2. The molecule has 0 aliphatic carbocycles. The third kappa shape index (κ3) is 3.37. The van der Waals surface area contributed by atoms with Gasteiger partial charge in [-0.05, 0) is 23.6 Å². The van der Waals surface area contributed by atoms with E-state index in [9.17, 15) is 4.79 Å². The molecule has 1 heterocycles. The predicted octanol–water partition coefficient (Wildman–Crippen LogP) is 0.455. The molecular formula is C13H18N2O3. The molecule has 0 fully saturated rings. The molecule has 3 N–H and O–H groups in total. The SMILES string of the molecule is O=C(NCCO)NCCc1ccc2c(c1)CCO2. The van der Waals surface area contributed by atoms with E-state index in [2.05, 4.69) is 16.7 Å². The lowest BCUT2D eigenvalue weighted by molar-refractivity contribution is 0.234. The molecule has 2 rings (SSSR count). The Hall–Kier alpha value is -1.75. The zero-order chi connectivity index (χ0) is 12.8. The Morgan fingerprint density at radius 2 is 2.17 bits per heavy atom. The van der Waals surface area contributed by atoms with Gasteiger partial charge in [-0.1, -0.05) is 12.1 Å². The Kier molecular flexibility index (Phi) is 4.41. The fourth-order valence-electron chi connectivity index (χ4n) is 1.95. The normalized spacial score (nSPS) is 12.7. The molecule has 1 aromatic rings. The summed E-state index contributed by atoms with van der Waals surface area (Å²) >= 11 is 0. The number of urea groups is 1. The Bertz CT molecular complexity index is 421. The maximum atomic E-state index is 11.2. The predicted molar refractivity (Wildman–Crippen MR) is 67.8 cm³/mol. The molecule has 0 unspecified atom stereocenters. The number of carbonyl (C=O) groups excluding carboxylic acids is 1. The molecular weight excluding hydrogens is 232 g/mol. The average Bonchev–Trinajstić information content (AvgIpc) is 2.83. The van der Waals surface area contributed by atoms with Crippen molar-refractivity contribution in [2.24, 2.45) is 0 Å². The number of hydrogen-bond acceptors (Lipinski definition) is 3. The van der Waals surface area contributed by atoms with E-state index >= 15 is 0 Å². The minimum Gasteiger partial charge on any atom is -0.493 e. The quantitative estimate of drug-likeness (QED) is 0.711. The van der Waals surface area contributed by atoms with Crippen LogP contribution in [0, 0.1) is 0 Å². The lowest BCUT2D eigenvalue weighted by atomic mass is 10.1. The number of fused-ring (bicyclic) bond motifs is 1. The number of hydrogen-bond donors (Lipinski definition) is 3. The summed E-state index contributed by atoms with van der Waals surface area (Å²) in [6.45, 7) is 1.58. The van der Waals surface area contributed by atoms with Crippen molar-refractivity contribution in [2.75, 3.05) is 26.3 Å². The van der Waals surface area contributed by atoms with Gasteiger partial charge in [-0.15, -0.1) is 0 Å². The standard InChI is InChI=1S/C13H18N2O3/c16-7-6-15-13(17)14-5-3-10-1-2-12-11(9-10)4-8-18-12/h1-2,9,16H,3-8H2,(H2,14,15,17). The summed E-state index contributed by atoms with van der Waals surface area (Å²) in [5.74, 6) is 0.979. The van der Waals surface area contributed by atoms with Gasteiger partial charge in [-0.3, -0.25) is 0 Å². The number of nitrogens with one attached hydrogen (secondary N) is 2. The van der Waals surface area contributed by atoms with Gasteiger partial charge >= 0.3 is 6.03 Å². The molecule has 0 saturated carbocycles. The molecule has 18 heavy (non-hydrogen) atoms. The molecule has 0 bridgehead atoms. The summed E-state index contributed by atoms with van der Waals surface area (Å²) in [5.41, 5.74) is 2.44. The van der Waals surface area contributed by atoms with E-state index in [-0.39, 0.29) is 19.2 Å². The van der Waals surface area contributed by atoms with E-state index in [1.165, 1.54) is 11.1 Å². The molecule has 5 heteroatoms. The van der Waals surface area contributed by atoms with Crippen LogP contribution < -0.4 is 15.4 Å². The van der Waals surface area contributed by atoms with E-state index < -0.39 is 0 Å². The second kappa shape index (κ2) is 6.26. The van der Waals surface area contributed by atoms with Gasteiger partial charge in [0, 0.05) is 19.5 Å². The first-order valence-corrected chi connectivity index (χ1v) is 6.17. The number of amides is 2. The van der Waals surface area contributed by atoms with Crippen LogP contribution in [0.4, 0.5) is 4.79 Å². The molecule has 0 radical (unpaired) electrons. The van der Waals surface area contributed by atoms with Gasteiger partial charge in [0.2, 0.25) is 0 Å². The lowest BCUT2D eigenvalue weighted by Gasteiger charge is -2.07. The van der Waals surface area contributed by atoms with Crippen molar-refractivity contribution in [3.8, 4) is 5.75 Å². The van der Waals surface area contributed by atoms with Crippen LogP contribution in [0.25, 0.3) is 0 Å². The van der Waals surface area contributed by atoms with Crippen molar-refractivity contribution in [3.63, 3.8) is 0 Å². The van der Waals surface area contributed by atoms with Crippen molar-refractivity contribution in [1.82, 2.24) is 10.6 Å². The fourth-order valence-corrected chi connectivity index (χ4v) is 1.95. The van der Waals surface area contributed by atoms with Gasteiger partial charge in [-0.2, -0.15) is 0 Å². The minimum atomic E-state index is -0.242. The zero-order valence-electron chi connectivity index (χ0n) is 10.2. The molecule has 0 atom stereocenters. The summed E-state index contributed by atoms with van der Waals surface area (Å²) in [5, 5.41) is 13.8. The monoisotopic (exact) mass is 250 g/mol. The maximum Gasteiger partial charge on any atom is 0.314 e. The number of carbonyl (C=O) groups is 1. The molecule has 98 valence electrons. The number of aliphatic hydroxyl groups is 1. The Balaban J connectivity index is 1.75. The van der Waals surface area contributed by atoms with Gasteiger partial charge in [0.1, 0.15) is 5.75 Å². The molecule has 2 amide bonds. The molecule has 5 nitrogen and oxygen atoms in total. The number of rotatable bonds is 5. The summed E-state index contributed by atoms with van der Waals surface area (Å²) in [6.07, 6.45) is 1.76. The topological polar surface area (TPSA) is 70.6 Å². The number of ether oxygens (including phenoxy) is 1. The third-order valence-electron chi connectivity index (χ3n) is 2.85. The molecule has 1 aromatic carbocycles. The van der Waals surface area contributed by atoms with Crippen molar-refractivity contribution in [3.05, 3.63) is 29.3 Å². The van der Waals surface area contributed by atoms with Crippen LogP contribution in [0.5, 0.6) is 5.75 Å². The molecule has 1 aliphatic heterocycles. The van der Waals surface area contributed by atoms with Crippen molar-refractivity contribution in [1.29, 1.82) is 0 Å². The van der Waals surface area contributed by atoms with Crippen LogP contribution >= 0.6 is 0 Å². The van der Waals surface area contributed by atoms with Crippen LogP contribution in [0.3, 0.4) is 0 Å².